The van der Waals surface area contributed by atoms with Gasteiger partial charge in [0.15, 0.2) is 5.78 Å². The van der Waals surface area contributed by atoms with Crippen molar-refractivity contribution in [2.75, 3.05) is 7.11 Å². The molecule has 2 heteroatoms. The third-order valence-corrected chi connectivity index (χ3v) is 3.66. The van der Waals surface area contributed by atoms with Crippen LogP contribution in [0.25, 0.3) is 0 Å². The van der Waals surface area contributed by atoms with Crippen molar-refractivity contribution in [1.29, 1.82) is 0 Å². The van der Waals surface area contributed by atoms with E-state index in [1.54, 1.807) is 7.11 Å². The topological polar surface area (TPSA) is 26.3 Å². The summed E-state index contributed by atoms with van der Waals surface area (Å²) in [7, 11) is 1.66. The Balaban J connectivity index is 2.72. The maximum atomic E-state index is 11.7. The summed E-state index contributed by atoms with van der Waals surface area (Å²) in [5.74, 6) is 1.96. The van der Waals surface area contributed by atoms with Gasteiger partial charge in [0, 0.05) is 13.5 Å². The van der Waals surface area contributed by atoms with Crippen LogP contribution in [-0.4, -0.2) is 19.0 Å². The van der Waals surface area contributed by atoms with Crippen molar-refractivity contribution in [2.24, 2.45) is 17.8 Å². The minimum absolute atomic E-state index is 0.160. The number of ether oxygens (including phenoxy) is 1. The van der Waals surface area contributed by atoms with E-state index in [1.807, 2.05) is 6.92 Å². The molecule has 0 aromatic heterocycles. The third-order valence-electron chi connectivity index (χ3n) is 3.66. The van der Waals surface area contributed by atoms with Gasteiger partial charge in [-0.1, -0.05) is 33.6 Å². The average molecular weight is 198 g/mol. The van der Waals surface area contributed by atoms with E-state index in [9.17, 15) is 4.79 Å². The van der Waals surface area contributed by atoms with Crippen LogP contribution in [-0.2, 0) is 9.53 Å². The predicted octanol–water partition coefficient (Wildman–Crippen LogP) is 2.66. The van der Waals surface area contributed by atoms with E-state index in [2.05, 4.69) is 13.8 Å². The van der Waals surface area contributed by atoms with Crippen LogP contribution in [0.3, 0.4) is 0 Å². The molecule has 0 saturated heterocycles. The molecule has 0 radical (unpaired) electrons. The van der Waals surface area contributed by atoms with Gasteiger partial charge in [-0.15, -0.1) is 0 Å². The molecule has 0 spiro atoms. The molecule has 0 N–H and O–H groups in total. The monoisotopic (exact) mass is 198 g/mol. The van der Waals surface area contributed by atoms with Crippen LogP contribution >= 0.6 is 0 Å². The summed E-state index contributed by atoms with van der Waals surface area (Å²) in [6.45, 7) is 6.39. The molecule has 0 aromatic rings. The van der Waals surface area contributed by atoms with Gasteiger partial charge in [-0.05, 0) is 17.8 Å². The zero-order chi connectivity index (χ0) is 10.7. The first-order valence-electron chi connectivity index (χ1n) is 5.67. The first-order valence-corrected chi connectivity index (χ1v) is 5.67. The van der Waals surface area contributed by atoms with E-state index < -0.39 is 0 Å². The molecular weight excluding hydrogens is 176 g/mol. The molecule has 0 heterocycles. The lowest BCUT2D eigenvalue weighted by Crippen LogP contribution is -2.35. The van der Waals surface area contributed by atoms with Crippen molar-refractivity contribution in [1.82, 2.24) is 0 Å². The molecule has 1 rings (SSSR count). The summed E-state index contributed by atoms with van der Waals surface area (Å²) in [5, 5.41) is 0. The lowest BCUT2D eigenvalue weighted by atomic mass is 9.84. The normalized spacial score (nSPS) is 34.4. The SMILES string of the molecule is CCC(=O)C(OC)C1C(C)CCC1C. The number of Topliss-reactive ketones (excluding diaryl/α,β-unsaturated/α-hetero) is 1. The molecule has 3 atom stereocenters. The Kier molecular flexibility index (Phi) is 4.11. The summed E-state index contributed by atoms with van der Waals surface area (Å²) >= 11 is 0. The predicted molar refractivity (Wildman–Crippen MR) is 57.1 cm³/mol. The van der Waals surface area contributed by atoms with Crippen molar-refractivity contribution in [3.63, 3.8) is 0 Å². The van der Waals surface area contributed by atoms with E-state index in [-0.39, 0.29) is 11.9 Å². The molecule has 0 bridgehead atoms. The fourth-order valence-electron chi connectivity index (χ4n) is 2.77. The highest BCUT2D eigenvalue weighted by Gasteiger charge is 2.39. The van der Waals surface area contributed by atoms with E-state index in [0.29, 0.717) is 24.2 Å². The highest BCUT2D eigenvalue weighted by atomic mass is 16.5. The largest absolute Gasteiger partial charge is 0.373 e. The molecular formula is C12H22O2. The van der Waals surface area contributed by atoms with Gasteiger partial charge in [0.05, 0.1) is 0 Å². The van der Waals surface area contributed by atoms with Crippen molar-refractivity contribution >= 4 is 5.78 Å². The number of methoxy groups -OCH3 is 1. The molecule has 0 amide bonds. The number of rotatable bonds is 4. The van der Waals surface area contributed by atoms with E-state index in [1.165, 1.54) is 12.8 Å². The van der Waals surface area contributed by atoms with Crippen LogP contribution in [0.4, 0.5) is 0 Å². The van der Waals surface area contributed by atoms with Crippen molar-refractivity contribution in [3.05, 3.63) is 0 Å². The van der Waals surface area contributed by atoms with Crippen LogP contribution in [0, 0.1) is 17.8 Å². The molecule has 1 fully saturated rings. The first kappa shape index (κ1) is 11.7. The quantitative estimate of drug-likeness (QED) is 0.694. The van der Waals surface area contributed by atoms with Crippen LogP contribution in [0.5, 0.6) is 0 Å². The first-order chi connectivity index (χ1) is 6.61. The summed E-state index contributed by atoms with van der Waals surface area (Å²) < 4.78 is 5.38. The second-order valence-corrected chi connectivity index (χ2v) is 4.59. The van der Waals surface area contributed by atoms with Gasteiger partial charge < -0.3 is 4.74 Å². The minimum atomic E-state index is -0.160. The van der Waals surface area contributed by atoms with E-state index in [0.717, 1.165) is 0 Å². The smallest absolute Gasteiger partial charge is 0.161 e. The van der Waals surface area contributed by atoms with E-state index >= 15 is 0 Å². The number of carbonyl (C=O) groups is 1. The Morgan fingerprint density at radius 3 is 2.21 bits per heavy atom. The lowest BCUT2D eigenvalue weighted by Gasteiger charge is -2.27. The Morgan fingerprint density at radius 2 is 1.86 bits per heavy atom. The van der Waals surface area contributed by atoms with Crippen molar-refractivity contribution < 1.29 is 9.53 Å². The maximum absolute atomic E-state index is 11.7. The Labute approximate surface area is 87.0 Å². The minimum Gasteiger partial charge on any atom is -0.373 e. The third kappa shape index (κ3) is 2.17. The number of ketones is 1. The molecule has 82 valence electrons. The molecule has 3 unspecified atom stereocenters. The van der Waals surface area contributed by atoms with Crippen LogP contribution in [0.15, 0.2) is 0 Å². The van der Waals surface area contributed by atoms with Gasteiger partial charge in [-0.3, -0.25) is 4.79 Å². The van der Waals surface area contributed by atoms with Gasteiger partial charge in [-0.25, -0.2) is 0 Å². The molecule has 0 aromatic carbocycles. The zero-order valence-electron chi connectivity index (χ0n) is 9.75. The highest BCUT2D eigenvalue weighted by molar-refractivity contribution is 5.83. The van der Waals surface area contributed by atoms with Crippen molar-refractivity contribution in [3.8, 4) is 0 Å². The van der Waals surface area contributed by atoms with Gasteiger partial charge >= 0.3 is 0 Å². The van der Waals surface area contributed by atoms with Crippen LogP contribution in [0.2, 0.25) is 0 Å². The average Bonchev–Trinajstić information content (AvgIpc) is 2.50. The fourth-order valence-corrected chi connectivity index (χ4v) is 2.77. The number of hydrogen-bond donors (Lipinski definition) is 0. The molecule has 14 heavy (non-hydrogen) atoms. The standard InChI is InChI=1S/C12H22O2/c1-5-10(13)12(14-4)11-8(2)6-7-9(11)3/h8-9,11-12H,5-7H2,1-4H3. The molecule has 1 saturated carbocycles. The summed E-state index contributed by atoms with van der Waals surface area (Å²) in [4.78, 5) is 11.7. The lowest BCUT2D eigenvalue weighted by molar-refractivity contribution is -0.133. The summed E-state index contributed by atoms with van der Waals surface area (Å²) in [6, 6.07) is 0. The highest BCUT2D eigenvalue weighted by Crippen LogP contribution is 2.39. The molecule has 1 aliphatic rings. The Bertz CT molecular complexity index is 190. The number of hydrogen-bond acceptors (Lipinski definition) is 2. The second kappa shape index (κ2) is 4.92. The van der Waals surface area contributed by atoms with E-state index in [4.69, 9.17) is 4.74 Å². The van der Waals surface area contributed by atoms with Gasteiger partial charge in [0.1, 0.15) is 6.10 Å². The fraction of sp³-hybridized carbons (Fsp3) is 0.917. The second-order valence-electron chi connectivity index (χ2n) is 4.59. The summed E-state index contributed by atoms with van der Waals surface area (Å²) in [5.41, 5.74) is 0. The molecule has 0 aliphatic heterocycles. The van der Waals surface area contributed by atoms with Crippen LogP contribution in [0.1, 0.15) is 40.0 Å². The van der Waals surface area contributed by atoms with Crippen molar-refractivity contribution in [2.45, 2.75) is 46.1 Å². The van der Waals surface area contributed by atoms with Gasteiger partial charge in [-0.2, -0.15) is 0 Å². The zero-order valence-corrected chi connectivity index (χ0v) is 9.75. The maximum Gasteiger partial charge on any atom is 0.161 e. The van der Waals surface area contributed by atoms with Crippen LogP contribution < -0.4 is 0 Å². The van der Waals surface area contributed by atoms with Gasteiger partial charge in [0.2, 0.25) is 0 Å². The van der Waals surface area contributed by atoms with Gasteiger partial charge in [0.25, 0.3) is 0 Å². The molecule has 2 nitrogen and oxygen atoms in total. The Hall–Kier alpha value is -0.370. The number of carbonyl (C=O) groups excluding carboxylic acids is 1. The summed E-state index contributed by atoms with van der Waals surface area (Å²) in [6.07, 6.45) is 2.91. The molecule has 1 aliphatic carbocycles. The Morgan fingerprint density at radius 1 is 1.36 bits per heavy atom.